The lowest BCUT2D eigenvalue weighted by Crippen LogP contribution is -2.33. The average Bonchev–Trinajstić information content (AvgIpc) is 2.78. The van der Waals surface area contributed by atoms with Gasteiger partial charge in [-0.3, -0.25) is 4.79 Å². The molecule has 0 spiro atoms. The third-order valence-electron chi connectivity index (χ3n) is 2.61. The second-order valence-electron chi connectivity index (χ2n) is 4.23. The van der Waals surface area contributed by atoms with Crippen LogP contribution >= 0.6 is 35.2 Å². The Morgan fingerprint density at radius 1 is 1.52 bits per heavy atom. The van der Waals surface area contributed by atoms with E-state index in [0.717, 1.165) is 16.6 Å². The summed E-state index contributed by atoms with van der Waals surface area (Å²) < 4.78 is 6.08. The highest BCUT2D eigenvalue weighted by molar-refractivity contribution is 7.80. The number of nitrogens with one attached hydrogen (secondary N) is 2. The Hall–Kier alpha value is -1.44. The van der Waals surface area contributed by atoms with Gasteiger partial charge in [0.1, 0.15) is 5.75 Å². The number of thiocarbonyl (C=S) groups is 1. The number of carbonyl (C=O) groups excluding carboxylic acids is 1. The summed E-state index contributed by atoms with van der Waals surface area (Å²) in [6, 6.07) is 3.55. The van der Waals surface area contributed by atoms with Crippen LogP contribution in [0.3, 0.4) is 0 Å². The third kappa shape index (κ3) is 4.03. The van der Waals surface area contributed by atoms with Crippen LogP contribution in [0.15, 0.2) is 12.1 Å². The highest BCUT2D eigenvalue weighted by atomic mass is 35.5. The summed E-state index contributed by atoms with van der Waals surface area (Å²) in [6.07, 6.45) is 1.21. The van der Waals surface area contributed by atoms with E-state index in [4.69, 9.17) is 28.6 Å². The molecule has 2 N–H and O–H groups in total. The van der Waals surface area contributed by atoms with Crippen LogP contribution in [0.5, 0.6) is 5.75 Å². The fourth-order valence-electron chi connectivity index (χ4n) is 1.68. The monoisotopic (exact) mass is 343 g/mol. The van der Waals surface area contributed by atoms with Gasteiger partial charge in [0.25, 0.3) is 0 Å². The lowest BCUT2D eigenvalue weighted by Gasteiger charge is -2.05. The van der Waals surface area contributed by atoms with Crippen molar-refractivity contribution in [2.45, 2.75) is 19.8 Å². The molecule has 2 aromatic rings. The molecule has 21 heavy (non-hydrogen) atoms. The Kier molecular flexibility index (Phi) is 5.33. The van der Waals surface area contributed by atoms with Gasteiger partial charge in [-0.2, -0.15) is 0 Å². The normalized spacial score (nSPS) is 10.4. The van der Waals surface area contributed by atoms with Crippen LogP contribution in [-0.4, -0.2) is 23.1 Å². The molecule has 0 saturated carbocycles. The molecule has 0 fully saturated rings. The first-order chi connectivity index (χ1) is 10.0. The quantitative estimate of drug-likeness (QED) is 0.831. The van der Waals surface area contributed by atoms with Gasteiger partial charge in [-0.05, 0) is 24.7 Å². The number of carbonyl (C=O) groups is 1. The first-order valence-corrected chi connectivity index (χ1v) is 7.88. The van der Waals surface area contributed by atoms with E-state index in [1.54, 1.807) is 13.2 Å². The van der Waals surface area contributed by atoms with Crippen molar-refractivity contribution >= 4 is 61.5 Å². The molecule has 8 heteroatoms. The molecule has 0 aliphatic heterocycles. The number of halogens is 1. The minimum atomic E-state index is -0.110. The van der Waals surface area contributed by atoms with Crippen molar-refractivity contribution in [2.24, 2.45) is 0 Å². The first kappa shape index (κ1) is 15.9. The van der Waals surface area contributed by atoms with E-state index in [1.807, 2.05) is 13.0 Å². The van der Waals surface area contributed by atoms with Crippen molar-refractivity contribution in [3.8, 4) is 5.75 Å². The summed E-state index contributed by atoms with van der Waals surface area (Å²) in [7, 11) is 1.56. The van der Waals surface area contributed by atoms with Crippen molar-refractivity contribution < 1.29 is 9.53 Å². The summed E-state index contributed by atoms with van der Waals surface area (Å²) in [5.41, 5.74) is 0.746. The smallest absolute Gasteiger partial charge is 0.226 e. The molecule has 0 radical (unpaired) electrons. The topological polar surface area (TPSA) is 63.2 Å². The number of fused-ring (bicyclic) bond motifs is 1. The van der Waals surface area contributed by atoms with E-state index < -0.39 is 0 Å². The summed E-state index contributed by atoms with van der Waals surface area (Å²) >= 11 is 12.5. The molecule has 2 rings (SSSR count). The van der Waals surface area contributed by atoms with Gasteiger partial charge in [-0.1, -0.05) is 29.9 Å². The number of aromatic nitrogens is 1. The number of hydrogen-bond donors (Lipinski definition) is 2. The van der Waals surface area contributed by atoms with Crippen molar-refractivity contribution in [1.82, 2.24) is 10.3 Å². The Labute approximate surface area is 136 Å². The van der Waals surface area contributed by atoms with E-state index in [0.29, 0.717) is 22.3 Å². The zero-order chi connectivity index (χ0) is 15.4. The van der Waals surface area contributed by atoms with Gasteiger partial charge in [0.05, 0.1) is 22.3 Å². The predicted molar refractivity (Wildman–Crippen MR) is 90.5 cm³/mol. The second-order valence-corrected chi connectivity index (χ2v) is 6.07. The average molecular weight is 344 g/mol. The van der Waals surface area contributed by atoms with Crippen molar-refractivity contribution in [3.05, 3.63) is 17.2 Å². The lowest BCUT2D eigenvalue weighted by atomic mass is 10.3. The second kappa shape index (κ2) is 7.02. The number of rotatable bonds is 4. The molecule has 0 atom stereocenters. The van der Waals surface area contributed by atoms with Crippen LogP contribution < -0.4 is 15.4 Å². The molecule has 5 nitrogen and oxygen atoms in total. The molecule has 1 aromatic carbocycles. The molecule has 1 amide bonds. The maximum Gasteiger partial charge on any atom is 0.226 e. The lowest BCUT2D eigenvalue weighted by molar-refractivity contribution is -0.119. The van der Waals surface area contributed by atoms with Gasteiger partial charge >= 0.3 is 0 Å². The number of thiazole rings is 1. The number of nitrogens with zero attached hydrogens (tertiary/aromatic N) is 1. The van der Waals surface area contributed by atoms with Crippen LogP contribution in [0.2, 0.25) is 5.02 Å². The molecule has 0 bridgehead atoms. The number of amides is 1. The molecular formula is C13H14ClN3O2S2. The van der Waals surface area contributed by atoms with Crippen LogP contribution in [0.1, 0.15) is 19.8 Å². The molecule has 0 aliphatic rings. The number of benzene rings is 1. The van der Waals surface area contributed by atoms with Gasteiger partial charge in [-0.25, -0.2) is 4.98 Å². The summed E-state index contributed by atoms with van der Waals surface area (Å²) in [5, 5.41) is 6.84. The van der Waals surface area contributed by atoms with Crippen molar-refractivity contribution in [3.63, 3.8) is 0 Å². The van der Waals surface area contributed by atoms with Gasteiger partial charge in [0.2, 0.25) is 5.91 Å². The van der Waals surface area contributed by atoms with Gasteiger partial charge < -0.3 is 15.4 Å². The fourth-order valence-corrected chi connectivity index (χ4v) is 3.07. The first-order valence-electron chi connectivity index (χ1n) is 6.28. The number of hydrogen-bond acceptors (Lipinski definition) is 5. The van der Waals surface area contributed by atoms with Crippen LogP contribution in [0.4, 0.5) is 5.13 Å². The number of ether oxygens (including phenoxy) is 1. The summed E-state index contributed by atoms with van der Waals surface area (Å²) in [5.74, 6) is 0.485. The van der Waals surface area contributed by atoms with E-state index in [9.17, 15) is 4.79 Å². The standard InChI is InChI=1S/C13H14ClN3O2S2/c1-3-4-11(18)16-12(20)17-13-15-8-5-7(14)9(19-2)6-10(8)21-13/h5-6H,3-4H2,1-2H3,(H2,15,16,17,18,20). The van der Waals surface area contributed by atoms with Crippen LogP contribution in [-0.2, 0) is 4.79 Å². The Morgan fingerprint density at radius 2 is 2.29 bits per heavy atom. The van der Waals surface area contributed by atoms with Gasteiger partial charge in [-0.15, -0.1) is 0 Å². The maximum atomic E-state index is 11.5. The molecule has 0 unspecified atom stereocenters. The Morgan fingerprint density at radius 3 is 2.95 bits per heavy atom. The fraction of sp³-hybridized carbons (Fsp3) is 0.308. The van der Waals surface area contributed by atoms with Gasteiger partial charge in [0.15, 0.2) is 10.2 Å². The SMILES string of the molecule is CCCC(=O)NC(=S)Nc1nc2cc(Cl)c(OC)cc2s1. The van der Waals surface area contributed by atoms with Gasteiger partial charge in [0, 0.05) is 12.5 Å². The molecular weight excluding hydrogens is 330 g/mol. The molecule has 1 aromatic heterocycles. The Bertz CT molecular complexity index is 687. The van der Waals surface area contributed by atoms with E-state index >= 15 is 0 Å². The van der Waals surface area contributed by atoms with Crippen molar-refractivity contribution in [2.75, 3.05) is 12.4 Å². The van der Waals surface area contributed by atoms with Crippen LogP contribution in [0, 0.1) is 0 Å². The minimum Gasteiger partial charge on any atom is -0.495 e. The zero-order valence-electron chi connectivity index (χ0n) is 11.5. The molecule has 0 saturated heterocycles. The third-order valence-corrected chi connectivity index (χ3v) is 4.05. The zero-order valence-corrected chi connectivity index (χ0v) is 13.9. The Balaban J connectivity index is 2.12. The minimum absolute atomic E-state index is 0.110. The summed E-state index contributed by atoms with van der Waals surface area (Å²) in [6.45, 7) is 1.93. The highest BCUT2D eigenvalue weighted by Crippen LogP contribution is 2.34. The van der Waals surface area contributed by atoms with E-state index in [-0.39, 0.29) is 11.0 Å². The van der Waals surface area contributed by atoms with E-state index in [2.05, 4.69) is 15.6 Å². The van der Waals surface area contributed by atoms with Crippen LogP contribution in [0.25, 0.3) is 10.2 Å². The van der Waals surface area contributed by atoms with Crippen molar-refractivity contribution in [1.29, 1.82) is 0 Å². The molecule has 112 valence electrons. The predicted octanol–water partition coefficient (Wildman–Crippen LogP) is 3.57. The summed E-state index contributed by atoms with van der Waals surface area (Å²) in [4.78, 5) is 15.8. The number of anilines is 1. The maximum absolute atomic E-state index is 11.5. The van der Waals surface area contributed by atoms with E-state index in [1.165, 1.54) is 11.3 Å². The highest BCUT2D eigenvalue weighted by Gasteiger charge is 2.10. The largest absolute Gasteiger partial charge is 0.495 e. The number of methoxy groups -OCH3 is 1. The molecule has 1 heterocycles. The molecule has 0 aliphatic carbocycles.